The van der Waals surface area contributed by atoms with Gasteiger partial charge in [0.05, 0.1) is 37.6 Å². The maximum Gasteiger partial charge on any atom is 0.410 e. The Balaban J connectivity index is 0.00000198. The summed E-state index contributed by atoms with van der Waals surface area (Å²) in [6.45, 7) is 18.6. The van der Waals surface area contributed by atoms with Crippen molar-refractivity contribution in [2.45, 2.75) is 80.2 Å². The Bertz CT molecular complexity index is 1830. The van der Waals surface area contributed by atoms with Gasteiger partial charge in [-0.15, -0.1) is 0 Å². The molecule has 1 unspecified atom stereocenters. The van der Waals surface area contributed by atoms with E-state index in [1.54, 1.807) is 4.90 Å². The third-order valence-electron chi connectivity index (χ3n) is 9.52. The number of ether oxygens (including phenoxy) is 2. The molecule has 276 valence electrons. The summed E-state index contributed by atoms with van der Waals surface area (Å²) in [6.07, 6.45) is -0.142. The number of fused-ring (bicyclic) bond motifs is 1. The standard InChI is InChI=1S/C37H47N7O5.C2H6.H2/c1-9-41(7)21-32(45)44-19-29-31(20-44)48-35(40-29)26-14-10-12-24(22(26)2)25-13-11-15-27(23(25)3)39-34(46)33-38-28-18-43(17-16-30(28)42(33)8)36(47)49-37(4,5)6;1-2;/h10-15,35,40H,9,16-21H2,1-8H3,(H,39,46);1-2H3;1H. The normalized spacial score (nSPS) is 16.6. The first-order valence-electron chi connectivity index (χ1n) is 17.9. The highest BCUT2D eigenvalue weighted by molar-refractivity contribution is 6.03. The minimum Gasteiger partial charge on any atom is -0.467 e. The number of anilines is 1. The SMILES string of the molecule is CC.CCN(C)CC(=O)N1CC2=C(C1)OC(c1cccc(-c3cccc(NC(=O)c4nc5c(n4C)CCN(C(=O)OC(C)(C)C)C5)c3C)c1C)N2.[HH]. The van der Waals surface area contributed by atoms with Gasteiger partial charge >= 0.3 is 6.09 Å². The van der Waals surface area contributed by atoms with Crippen LogP contribution in [-0.4, -0.2) is 87.5 Å². The van der Waals surface area contributed by atoms with Crippen LogP contribution in [-0.2, 0) is 34.3 Å². The van der Waals surface area contributed by atoms with Crippen molar-refractivity contribution in [3.05, 3.63) is 81.8 Å². The van der Waals surface area contributed by atoms with Crippen LogP contribution in [0.3, 0.4) is 0 Å². The van der Waals surface area contributed by atoms with Gasteiger partial charge in [-0.05, 0) is 76.5 Å². The van der Waals surface area contributed by atoms with Crippen molar-refractivity contribution in [1.29, 1.82) is 0 Å². The molecule has 0 aliphatic carbocycles. The lowest BCUT2D eigenvalue weighted by Gasteiger charge is -2.29. The first-order valence-corrected chi connectivity index (χ1v) is 17.9. The summed E-state index contributed by atoms with van der Waals surface area (Å²) in [5.74, 6) is 0.886. The van der Waals surface area contributed by atoms with E-state index in [2.05, 4.69) is 40.7 Å². The first-order chi connectivity index (χ1) is 24.2. The average molecular weight is 702 g/mol. The number of hydrogen-bond donors (Lipinski definition) is 2. The van der Waals surface area contributed by atoms with E-state index in [1.807, 2.05) is 95.1 Å². The van der Waals surface area contributed by atoms with Gasteiger partial charge in [0.15, 0.2) is 12.1 Å². The number of imidazole rings is 1. The molecule has 3 amide bonds. The fraction of sp³-hybridized carbons (Fsp3) is 0.487. The van der Waals surface area contributed by atoms with E-state index in [0.717, 1.165) is 51.5 Å². The minimum absolute atomic E-state index is 0. The van der Waals surface area contributed by atoms with Gasteiger partial charge in [-0.3, -0.25) is 14.5 Å². The number of benzene rings is 2. The Labute approximate surface area is 303 Å². The van der Waals surface area contributed by atoms with E-state index < -0.39 is 5.60 Å². The van der Waals surface area contributed by atoms with Crippen LogP contribution < -0.4 is 10.6 Å². The smallest absolute Gasteiger partial charge is 0.410 e. The second-order valence-electron chi connectivity index (χ2n) is 14.1. The van der Waals surface area contributed by atoms with Gasteiger partial charge in [0, 0.05) is 38.4 Å². The number of carbonyl (C=O) groups is 3. The predicted octanol–water partition coefficient (Wildman–Crippen LogP) is 6.15. The quantitative estimate of drug-likeness (QED) is 0.301. The van der Waals surface area contributed by atoms with E-state index in [-0.39, 0.29) is 25.6 Å². The number of hydrogen-bond acceptors (Lipinski definition) is 8. The van der Waals surface area contributed by atoms with E-state index >= 15 is 0 Å². The summed E-state index contributed by atoms with van der Waals surface area (Å²) in [7, 11) is 3.78. The zero-order valence-electron chi connectivity index (χ0n) is 31.8. The van der Waals surface area contributed by atoms with Crippen molar-refractivity contribution < 1.29 is 25.3 Å². The monoisotopic (exact) mass is 701 g/mol. The van der Waals surface area contributed by atoms with Crippen LogP contribution >= 0.6 is 0 Å². The first kappa shape index (κ1) is 37.4. The van der Waals surface area contributed by atoms with Crippen LogP contribution in [0.15, 0.2) is 47.9 Å². The highest BCUT2D eigenvalue weighted by Gasteiger charge is 2.36. The van der Waals surface area contributed by atoms with Gasteiger partial charge in [0.25, 0.3) is 5.91 Å². The van der Waals surface area contributed by atoms with Crippen molar-refractivity contribution in [2.75, 3.05) is 45.1 Å². The molecule has 0 radical (unpaired) electrons. The Morgan fingerprint density at radius 3 is 2.39 bits per heavy atom. The summed E-state index contributed by atoms with van der Waals surface area (Å²) in [5.41, 5.74) is 7.75. The van der Waals surface area contributed by atoms with Gasteiger partial charge in [0.1, 0.15) is 11.4 Å². The Kier molecular flexibility index (Phi) is 11.1. The second kappa shape index (κ2) is 15.2. The van der Waals surface area contributed by atoms with Crippen LogP contribution in [0.5, 0.6) is 0 Å². The third kappa shape index (κ3) is 7.90. The molecular weight excluding hydrogens is 646 g/mol. The van der Waals surface area contributed by atoms with Crippen molar-refractivity contribution >= 4 is 23.6 Å². The molecular formula is C39H55N7O5. The lowest BCUT2D eigenvalue weighted by atomic mass is 9.92. The molecule has 12 heteroatoms. The molecule has 51 heavy (non-hydrogen) atoms. The molecule has 3 aliphatic heterocycles. The van der Waals surface area contributed by atoms with Gasteiger partial charge in [-0.25, -0.2) is 9.78 Å². The average Bonchev–Trinajstić information content (AvgIpc) is 3.78. The molecule has 0 saturated carbocycles. The Hall–Kier alpha value is -4.84. The van der Waals surface area contributed by atoms with Crippen molar-refractivity contribution in [1.82, 2.24) is 29.6 Å². The summed E-state index contributed by atoms with van der Waals surface area (Å²) in [6, 6.07) is 12.0. The lowest BCUT2D eigenvalue weighted by Crippen LogP contribution is -2.40. The summed E-state index contributed by atoms with van der Waals surface area (Å²) in [5, 5.41) is 6.60. The number of nitrogens with zero attached hydrogens (tertiary/aromatic N) is 5. The molecule has 0 spiro atoms. The number of rotatable bonds is 7. The molecule has 1 aromatic heterocycles. The maximum absolute atomic E-state index is 13.6. The third-order valence-corrected chi connectivity index (χ3v) is 9.52. The molecule has 0 bridgehead atoms. The fourth-order valence-electron chi connectivity index (χ4n) is 6.61. The van der Waals surface area contributed by atoms with Crippen LogP contribution in [0, 0.1) is 13.8 Å². The zero-order valence-corrected chi connectivity index (χ0v) is 31.8. The number of carbonyl (C=O) groups excluding carboxylic acids is 3. The highest BCUT2D eigenvalue weighted by atomic mass is 16.6. The zero-order chi connectivity index (χ0) is 37.2. The minimum atomic E-state index is -0.590. The van der Waals surface area contributed by atoms with Gasteiger partial charge < -0.3 is 34.5 Å². The second-order valence-corrected chi connectivity index (χ2v) is 14.1. The van der Waals surface area contributed by atoms with Crippen molar-refractivity contribution in [3.8, 4) is 11.1 Å². The molecule has 0 fully saturated rings. The topological polar surface area (TPSA) is 121 Å². The molecule has 2 aromatic carbocycles. The lowest BCUT2D eigenvalue weighted by molar-refractivity contribution is -0.131. The van der Waals surface area contributed by atoms with E-state index in [9.17, 15) is 14.4 Å². The van der Waals surface area contributed by atoms with E-state index in [4.69, 9.17) is 9.47 Å². The van der Waals surface area contributed by atoms with Crippen LogP contribution in [0.1, 0.15) is 87.9 Å². The number of nitrogens with one attached hydrogen (secondary N) is 2. The van der Waals surface area contributed by atoms with Crippen LogP contribution in [0.4, 0.5) is 10.5 Å². The molecule has 4 heterocycles. The molecule has 1 atom stereocenters. The highest BCUT2D eigenvalue weighted by Crippen LogP contribution is 2.38. The number of aromatic nitrogens is 2. The Morgan fingerprint density at radius 2 is 1.73 bits per heavy atom. The predicted molar refractivity (Wildman–Crippen MR) is 200 cm³/mol. The van der Waals surface area contributed by atoms with Gasteiger partial charge in [-0.1, -0.05) is 51.1 Å². The van der Waals surface area contributed by atoms with Gasteiger partial charge in [0.2, 0.25) is 5.91 Å². The number of amides is 3. The van der Waals surface area contributed by atoms with E-state index in [0.29, 0.717) is 56.4 Å². The molecule has 3 aliphatic rings. The van der Waals surface area contributed by atoms with Crippen molar-refractivity contribution in [2.24, 2.45) is 7.05 Å². The molecule has 3 aromatic rings. The van der Waals surface area contributed by atoms with Crippen LogP contribution in [0.25, 0.3) is 11.1 Å². The maximum atomic E-state index is 13.6. The number of likely N-dealkylation sites (N-methyl/N-ethyl adjacent to an activating group) is 1. The summed E-state index contributed by atoms with van der Waals surface area (Å²) >= 11 is 0. The summed E-state index contributed by atoms with van der Waals surface area (Å²) in [4.78, 5) is 49.1. The summed E-state index contributed by atoms with van der Waals surface area (Å²) < 4.78 is 13.7. The van der Waals surface area contributed by atoms with Crippen molar-refractivity contribution in [3.63, 3.8) is 0 Å². The molecule has 12 nitrogen and oxygen atoms in total. The van der Waals surface area contributed by atoms with Gasteiger partial charge in [-0.2, -0.15) is 0 Å². The van der Waals surface area contributed by atoms with E-state index in [1.165, 1.54) is 0 Å². The Morgan fingerprint density at radius 1 is 1.04 bits per heavy atom. The fourth-order valence-corrected chi connectivity index (χ4v) is 6.61. The molecule has 6 rings (SSSR count). The molecule has 0 saturated heterocycles. The largest absolute Gasteiger partial charge is 0.467 e. The van der Waals surface area contributed by atoms with Crippen LogP contribution in [0.2, 0.25) is 0 Å². The molecule has 2 N–H and O–H groups in total.